The number of halogens is 3. The first kappa shape index (κ1) is 30.1. The Morgan fingerprint density at radius 3 is 2.43 bits per heavy atom. The van der Waals surface area contributed by atoms with Gasteiger partial charge in [0.05, 0.1) is 30.0 Å². The first-order chi connectivity index (χ1) is 21.1. The fraction of sp³-hybridized carbons (Fsp3) is 0.226. The molecule has 4 aromatic rings. The number of benzene rings is 3. The summed E-state index contributed by atoms with van der Waals surface area (Å²) >= 11 is 0. The van der Waals surface area contributed by atoms with E-state index in [-0.39, 0.29) is 35.6 Å². The highest BCUT2D eigenvalue weighted by Gasteiger charge is 2.48. The van der Waals surface area contributed by atoms with Gasteiger partial charge < -0.3 is 24.8 Å². The van der Waals surface area contributed by atoms with Gasteiger partial charge in [-0.3, -0.25) is 4.79 Å². The Labute approximate surface area is 249 Å². The second-order valence-electron chi connectivity index (χ2n) is 9.97. The molecular weight excluding hydrogens is 579 g/mol. The van der Waals surface area contributed by atoms with Gasteiger partial charge in [-0.25, -0.2) is 9.59 Å². The molecule has 0 fully saturated rings. The number of fused-ring (bicyclic) bond motifs is 2. The summed E-state index contributed by atoms with van der Waals surface area (Å²) in [7, 11) is 1.17. The lowest BCUT2D eigenvalue weighted by Gasteiger charge is -2.41. The minimum absolute atomic E-state index is 0.0383. The van der Waals surface area contributed by atoms with Gasteiger partial charge in [-0.2, -0.15) is 23.5 Å². The third-order valence-electron chi connectivity index (χ3n) is 7.21. The summed E-state index contributed by atoms with van der Waals surface area (Å²) < 4.78 is 47.2. The fourth-order valence-corrected chi connectivity index (χ4v) is 5.16. The molecule has 44 heavy (non-hydrogen) atoms. The molecule has 13 heteroatoms. The van der Waals surface area contributed by atoms with E-state index in [0.29, 0.717) is 34.5 Å². The summed E-state index contributed by atoms with van der Waals surface area (Å²) in [6.07, 6.45) is -3.39. The smallest absolute Gasteiger partial charge is 0.465 e. The average molecular weight is 606 g/mol. The summed E-state index contributed by atoms with van der Waals surface area (Å²) in [5.41, 5.74) is 8.05. The second kappa shape index (κ2) is 12.1. The zero-order valence-electron chi connectivity index (χ0n) is 23.4. The van der Waals surface area contributed by atoms with Crippen molar-refractivity contribution in [3.63, 3.8) is 0 Å². The monoisotopic (exact) mass is 605 g/mol. The lowest BCUT2D eigenvalue weighted by molar-refractivity contribution is -0.202. The number of rotatable bonds is 8. The standard InChI is InChI=1S/C31H26F3N5O5/c1-43-29(41)21-11-12-25-26(15-21)38(14-4-13-35)28(40)27(39(25)44-30(42)31(32,33)34)23-18-37(24-6-3-2-5-22(23)24)17-20-9-7-19(16-36)8-10-20/h2-3,5-12,15,18,27H,4,13-14,17,35H2,1H3. The van der Waals surface area contributed by atoms with E-state index in [1.807, 2.05) is 4.57 Å². The Morgan fingerprint density at radius 1 is 1.05 bits per heavy atom. The van der Waals surface area contributed by atoms with Gasteiger partial charge in [0.1, 0.15) is 5.69 Å². The van der Waals surface area contributed by atoms with Crippen molar-refractivity contribution >= 4 is 40.1 Å². The number of methoxy groups -OCH3 is 1. The molecule has 0 aliphatic carbocycles. The number of amides is 1. The first-order valence-corrected chi connectivity index (χ1v) is 13.5. The van der Waals surface area contributed by atoms with Crippen LogP contribution in [0, 0.1) is 11.3 Å². The zero-order chi connectivity index (χ0) is 31.6. The number of carbonyl (C=O) groups excluding carboxylic acids is 3. The summed E-state index contributed by atoms with van der Waals surface area (Å²) in [4.78, 5) is 45.1. The van der Waals surface area contributed by atoms with Crippen LogP contribution in [-0.2, 0) is 25.7 Å². The largest absolute Gasteiger partial charge is 0.493 e. The highest BCUT2D eigenvalue weighted by Crippen LogP contribution is 2.45. The normalized spacial score (nSPS) is 14.7. The third-order valence-corrected chi connectivity index (χ3v) is 7.21. The van der Waals surface area contributed by atoms with Crippen LogP contribution in [0.2, 0.25) is 0 Å². The number of hydrogen-bond donors (Lipinski definition) is 1. The molecule has 1 amide bonds. The van der Waals surface area contributed by atoms with Gasteiger partial charge in [0.15, 0.2) is 6.04 Å². The second-order valence-corrected chi connectivity index (χ2v) is 9.97. The van der Waals surface area contributed by atoms with Gasteiger partial charge in [0, 0.05) is 35.8 Å². The number of anilines is 2. The lowest BCUT2D eigenvalue weighted by Crippen LogP contribution is -2.50. The molecule has 2 N–H and O–H groups in total. The fourth-order valence-electron chi connectivity index (χ4n) is 5.16. The summed E-state index contributed by atoms with van der Waals surface area (Å²) in [5, 5.41) is 10.3. The topological polar surface area (TPSA) is 131 Å². The van der Waals surface area contributed by atoms with Crippen LogP contribution in [0.3, 0.4) is 0 Å². The number of nitriles is 1. The van der Waals surface area contributed by atoms with Crippen LogP contribution in [0.25, 0.3) is 10.9 Å². The van der Waals surface area contributed by atoms with Crippen LogP contribution in [0.5, 0.6) is 0 Å². The number of hydrogen-bond acceptors (Lipinski definition) is 8. The van der Waals surface area contributed by atoms with Crippen LogP contribution in [0.1, 0.15) is 39.5 Å². The molecule has 1 aliphatic heterocycles. The van der Waals surface area contributed by atoms with Gasteiger partial charge in [-0.05, 0) is 54.9 Å². The van der Waals surface area contributed by atoms with E-state index in [1.54, 1.807) is 54.7 Å². The van der Waals surface area contributed by atoms with Gasteiger partial charge in [0.2, 0.25) is 0 Å². The van der Waals surface area contributed by atoms with E-state index in [4.69, 9.17) is 20.6 Å². The molecule has 5 rings (SSSR count). The molecule has 10 nitrogen and oxygen atoms in total. The van der Waals surface area contributed by atoms with Gasteiger partial charge in [0.25, 0.3) is 5.91 Å². The van der Waals surface area contributed by atoms with E-state index in [9.17, 15) is 27.6 Å². The predicted molar refractivity (Wildman–Crippen MR) is 153 cm³/mol. The molecule has 0 spiro atoms. The molecule has 1 aliphatic rings. The zero-order valence-corrected chi connectivity index (χ0v) is 23.4. The minimum atomic E-state index is -5.36. The summed E-state index contributed by atoms with van der Waals surface area (Å²) in [6.45, 7) is 0.594. The van der Waals surface area contributed by atoms with Crippen molar-refractivity contribution in [1.82, 2.24) is 4.57 Å². The number of aromatic nitrogens is 1. The van der Waals surface area contributed by atoms with Gasteiger partial charge in [-0.1, -0.05) is 30.3 Å². The third kappa shape index (κ3) is 5.67. The first-order valence-electron chi connectivity index (χ1n) is 13.5. The Kier molecular flexibility index (Phi) is 8.28. The van der Waals surface area contributed by atoms with Crippen molar-refractivity contribution in [1.29, 1.82) is 5.26 Å². The molecule has 0 bridgehead atoms. The maximum Gasteiger partial charge on any atom is 0.493 e. The maximum atomic E-state index is 14.3. The number of alkyl halides is 3. The van der Waals surface area contributed by atoms with Crippen molar-refractivity contribution in [2.75, 3.05) is 30.2 Å². The average Bonchev–Trinajstić information content (AvgIpc) is 3.37. The summed E-state index contributed by atoms with van der Waals surface area (Å²) in [5.74, 6) is -3.94. The molecular formula is C31H26F3N5O5. The quantitative estimate of drug-likeness (QED) is 0.288. The Bertz CT molecular complexity index is 1780. The number of para-hydroxylation sites is 1. The minimum Gasteiger partial charge on any atom is -0.465 e. The molecule has 1 aromatic heterocycles. The van der Waals surface area contributed by atoms with Crippen molar-refractivity contribution in [3.05, 3.63) is 95.2 Å². The molecule has 1 unspecified atom stereocenters. The van der Waals surface area contributed by atoms with E-state index in [0.717, 1.165) is 5.56 Å². The molecule has 226 valence electrons. The van der Waals surface area contributed by atoms with Crippen LogP contribution in [0.4, 0.5) is 24.5 Å². The van der Waals surface area contributed by atoms with Crippen molar-refractivity contribution in [2.45, 2.75) is 25.2 Å². The molecule has 0 saturated carbocycles. The maximum absolute atomic E-state index is 14.3. The van der Waals surface area contributed by atoms with Crippen LogP contribution in [-0.4, -0.2) is 48.8 Å². The SMILES string of the molecule is COC(=O)c1ccc2c(c1)N(CCCN)C(=O)C(c1cn(Cc3ccc(C#N)cc3)c3ccccc13)N2OC(=O)C(F)(F)F. The number of nitrogens with two attached hydrogens (primary N) is 1. The van der Waals surface area contributed by atoms with Crippen molar-refractivity contribution < 1.29 is 37.1 Å². The van der Waals surface area contributed by atoms with Crippen LogP contribution in [0.15, 0.2) is 72.9 Å². The van der Waals surface area contributed by atoms with E-state index in [2.05, 4.69) is 6.07 Å². The van der Waals surface area contributed by atoms with Crippen molar-refractivity contribution in [2.24, 2.45) is 5.73 Å². The van der Waals surface area contributed by atoms with E-state index < -0.39 is 30.1 Å². The van der Waals surface area contributed by atoms with Gasteiger partial charge in [-0.15, -0.1) is 0 Å². The number of esters is 1. The van der Waals surface area contributed by atoms with E-state index in [1.165, 1.54) is 30.2 Å². The Balaban J connectivity index is 1.69. The molecule has 0 saturated heterocycles. The highest BCUT2D eigenvalue weighted by atomic mass is 19.4. The molecule has 3 aromatic carbocycles. The van der Waals surface area contributed by atoms with Crippen LogP contribution < -0.4 is 15.7 Å². The predicted octanol–water partition coefficient (Wildman–Crippen LogP) is 4.61. The molecule has 2 heterocycles. The number of ether oxygens (including phenoxy) is 1. The number of nitrogens with zero attached hydrogens (tertiary/aromatic N) is 4. The van der Waals surface area contributed by atoms with Crippen molar-refractivity contribution in [3.8, 4) is 6.07 Å². The lowest BCUT2D eigenvalue weighted by atomic mass is 9.99. The van der Waals surface area contributed by atoms with E-state index >= 15 is 0 Å². The highest BCUT2D eigenvalue weighted by molar-refractivity contribution is 6.09. The Morgan fingerprint density at radius 2 is 1.77 bits per heavy atom. The van der Waals surface area contributed by atoms with Gasteiger partial charge >= 0.3 is 18.1 Å². The molecule has 1 atom stereocenters. The molecule has 0 radical (unpaired) electrons. The number of carbonyl (C=O) groups is 3. The Hall–Kier alpha value is -5.35. The number of hydroxylamine groups is 1. The van der Waals surface area contributed by atoms with Crippen LogP contribution >= 0.6 is 0 Å². The summed E-state index contributed by atoms with van der Waals surface area (Å²) in [6, 6.07) is 18.4.